The van der Waals surface area contributed by atoms with Gasteiger partial charge in [0, 0.05) is 6.61 Å². The van der Waals surface area contributed by atoms with Crippen LogP contribution in [0.15, 0.2) is 4.52 Å². The van der Waals surface area contributed by atoms with Crippen LogP contribution in [0.2, 0.25) is 0 Å². The topological polar surface area (TPSA) is 60.2 Å². The summed E-state index contributed by atoms with van der Waals surface area (Å²) in [6, 6.07) is 0.231. The lowest BCUT2D eigenvalue weighted by Gasteiger charge is -2.20. The first-order valence-electron chi connectivity index (χ1n) is 6.49. The molecule has 3 heterocycles. The zero-order valence-corrected chi connectivity index (χ0v) is 10.2. The molecule has 0 spiro atoms. The van der Waals surface area contributed by atoms with Crippen LogP contribution in [-0.2, 0) is 10.3 Å². The molecule has 2 fully saturated rings. The summed E-state index contributed by atoms with van der Waals surface area (Å²) in [6.45, 7) is 3.88. The highest BCUT2D eigenvalue weighted by Crippen LogP contribution is 2.34. The summed E-state index contributed by atoms with van der Waals surface area (Å²) in [5.74, 6) is 1.42. The van der Waals surface area contributed by atoms with Gasteiger partial charge in [-0.1, -0.05) is 11.6 Å². The van der Waals surface area contributed by atoms with Gasteiger partial charge in [-0.25, -0.2) is 0 Å². The summed E-state index contributed by atoms with van der Waals surface area (Å²) in [5, 5.41) is 7.51. The number of nitrogens with one attached hydrogen (secondary N) is 1. The minimum atomic E-state index is -0.337. The Labute approximate surface area is 101 Å². The number of piperidine rings is 1. The molecule has 2 atom stereocenters. The Morgan fingerprint density at radius 2 is 2.29 bits per heavy atom. The van der Waals surface area contributed by atoms with Crippen LogP contribution in [0.4, 0.5) is 0 Å². The Kier molecular flexibility index (Phi) is 2.88. The van der Waals surface area contributed by atoms with Crippen LogP contribution in [0.25, 0.3) is 0 Å². The van der Waals surface area contributed by atoms with Crippen LogP contribution < -0.4 is 5.32 Å². The van der Waals surface area contributed by atoms with E-state index in [1.807, 2.05) is 6.92 Å². The summed E-state index contributed by atoms with van der Waals surface area (Å²) in [4.78, 5) is 4.52. The molecule has 5 nitrogen and oxygen atoms in total. The van der Waals surface area contributed by atoms with Crippen molar-refractivity contribution in [3.8, 4) is 0 Å². The Morgan fingerprint density at radius 3 is 3.00 bits per heavy atom. The van der Waals surface area contributed by atoms with E-state index in [0.717, 1.165) is 38.3 Å². The SMILES string of the molecule is CC1(c2noc(C3CCCCN3)n2)CCCO1. The third-order valence-electron chi connectivity index (χ3n) is 3.74. The molecule has 0 aliphatic carbocycles. The van der Waals surface area contributed by atoms with E-state index in [0.29, 0.717) is 5.82 Å². The molecule has 2 aliphatic heterocycles. The van der Waals surface area contributed by atoms with E-state index in [1.165, 1.54) is 12.8 Å². The number of hydrogen-bond acceptors (Lipinski definition) is 5. The lowest BCUT2D eigenvalue weighted by Crippen LogP contribution is -2.27. The van der Waals surface area contributed by atoms with Crippen molar-refractivity contribution >= 4 is 0 Å². The number of aromatic nitrogens is 2. The van der Waals surface area contributed by atoms with Gasteiger partial charge in [0.1, 0.15) is 5.60 Å². The number of nitrogens with zero attached hydrogens (tertiary/aromatic N) is 2. The lowest BCUT2D eigenvalue weighted by molar-refractivity contribution is 0.00768. The van der Waals surface area contributed by atoms with Crippen molar-refractivity contribution in [3.63, 3.8) is 0 Å². The normalized spacial score (nSPS) is 34.1. The molecule has 1 aromatic heterocycles. The highest BCUT2D eigenvalue weighted by atomic mass is 16.5. The Balaban J connectivity index is 1.77. The number of rotatable bonds is 2. The molecule has 0 radical (unpaired) electrons. The van der Waals surface area contributed by atoms with Crippen molar-refractivity contribution in [2.75, 3.05) is 13.2 Å². The van der Waals surface area contributed by atoms with E-state index in [2.05, 4.69) is 15.5 Å². The van der Waals surface area contributed by atoms with Gasteiger partial charge in [-0.15, -0.1) is 0 Å². The molecule has 94 valence electrons. The zero-order chi connectivity index (χ0) is 11.7. The average molecular weight is 237 g/mol. The maximum absolute atomic E-state index is 5.72. The first-order valence-corrected chi connectivity index (χ1v) is 6.49. The summed E-state index contributed by atoms with van der Waals surface area (Å²) in [6.07, 6.45) is 5.59. The molecule has 3 rings (SSSR count). The maximum atomic E-state index is 5.72. The highest BCUT2D eigenvalue weighted by molar-refractivity contribution is 5.03. The molecule has 2 unspecified atom stereocenters. The molecule has 0 saturated carbocycles. The smallest absolute Gasteiger partial charge is 0.243 e. The molecule has 0 aromatic carbocycles. The molecule has 1 N–H and O–H groups in total. The summed E-state index contributed by atoms with van der Waals surface area (Å²) < 4.78 is 11.1. The second kappa shape index (κ2) is 4.38. The highest BCUT2D eigenvalue weighted by Gasteiger charge is 2.37. The zero-order valence-electron chi connectivity index (χ0n) is 10.2. The van der Waals surface area contributed by atoms with Crippen LogP contribution in [0.5, 0.6) is 0 Å². The van der Waals surface area contributed by atoms with E-state index in [1.54, 1.807) is 0 Å². The van der Waals surface area contributed by atoms with Gasteiger partial charge < -0.3 is 14.6 Å². The van der Waals surface area contributed by atoms with E-state index < -0.39 is 0 Å². The number of hydrogen-bond donors (Lipinski definition) is 1. The van der Waals surface area contributed by atoms with Gasteiger partial charge in [0.25, 0.3) is 0 Å². The molecule has 5 heteroatoms. The van der Waals surface area contributed by atoms with Gasteiger partial charge in [-0.05, 0) is 39.2 Å². The summed E-state index contributed by atoms with van der Waals surface area (Å²) >= 11 is 0. The van der Waals surface area contributed by atoms with E-state index >= 15 is 0 Å². The van der Waals surface area contributed by atoms with Crippen LogP contribution in [-0.4, -0.2) is 23.3 Å². The van der Waals surface area contributed by atoms with Crippen LogP contribution in [0.3, 0.4) is 0 Å². The standard InChI is InChI=1S/C12H19N3O2/c1-12(6-4-8-16-12)11-14-10(17-15-11)9-5-2-3-7-13-9/h9,13H,2-8H2,1H3. The average Bonchev–Trinajstić information content (AvgIpc) is 2.99. The van der Waals surface area contributed by atoms with Gasteiger partial charge >= 0.3 is 0 Å². The Bertz CT molecular complexity index is 379. The summed E-state index contributed by atoms with van der Waals surface area (Å²) in [5.41, 5.74) is -0.337. The molecule has 1 aromatic rings. The minimum absolute atomic E-state index is 0.231. The van der Waals surface area contributed by atoms with Gasteiger partial charge in [-0.3, -0.25) is 0 Å². The predicted octanol–water partition coefficient (Wildman–Crippen LogP) is 1.91. The summed E-state index contributed by atoms with van der Waals surface area (Å²) in [7, 11) is 0. The fourth-order valence-corrected chi connectivity index (χ4v) is 2.61. The van der Waals surface area contributed by atoms with Crippen molar-refractivity contribution in [1.82, 2.24) is 15.5 Å². The lowest BCUT2D eigenvalue weighted by atomic mass is 10.0. The second-order valence-electron chi connectivity index (χ2n) is 5.14. The molecule has 2 aliphatic rings. The molecule has 2 saturated heterocycles. The van der Waals surface area contributed by atoms with Crippen LogP contribution in [0, 0.1) is 0 Å². The van der Waals surface area contributed by atoms with Crippen LogP contribution in [0.1, 0.15) is 56.8 Å². The molecular weight excluding hydrogens is 218 g/mol. The fourth-order valence-electron chi connectivity index (χ4n) is 2.61. The fraction of sp³-hybridized carbons (Fsp3) is 0.833. The third kappa shape index (κ3) is 2.09. The maximum Gasteiger partial charge on any atom is 0.243 e. The predicted molar refractivity (Wildman–Crippen MR) is 61.4 cm³/mol. The van der Waals surface area contributed by atoms with Gasteiger partial charge in [-0.2, -0.15) is 4.98 Å². The van der Waals surface area contributed by atoms with Crippen molar-refractivity contribution in [2.24, 2.45) is 0 Å². The molecule has 0 bridgehead atoms. The first-order chi connectivity index (χ1) is 8.28. The van der Waals surface area contributed by atoms with Gasteiger partial charge in [0.15, 0.2) is 0 Å². The van der Waals surface area contributed by atoms with E-state index in [9.17, 15) is 0 Å². The van der Waals surface area contributed by atoms with E-state index in [-0.39, 0.29) is 11.6 Å². The van der Waals surface area contributed by atoms with Crippen molar-refractivity contribution in [3.05, 3.63) is 11.7 Å². The number of ether oxygens (including phenoxy) is 1. The molecular formula is C12H19N3O2. The van der Waals surface area contributed by atoms with Gasteiger partial charge in [0.05, 0.1) is 6.04 Å². The quantitative estimate of drug-likeness (QED) is 0.851. The Hall–Kier alpha value is -0.940. The van der Waals surface area contributed by atoms with Gasteiger partial charge in [0.2, 0.25) is 11.7 Å². The minimum Gasteiger partial charge on any atom is -0.367 e. The largest absolute Gasteiger partial charge is 0.367 e. The van der Waals surface area contributed by atoms with Crippen molar-refractivity contribution in [2.45, 2.75) is 50.7 Å². The first kappa shape index (κ1) is 11.2. The second-order valence-corrected chi connectivity index (χ2v) is 5.14. The monoisotopic (exact) mass is 237 g/mol. The van der Waals surface area contributed by atoms with Crippen molar-refractivity contribution in [1.29, 1.82) is 0 Å². The van der Waals surface area contributed by atoms with Crippen LogP contribution >= 0.6 is 0 Å². The Morgan fingerprint density at radius 1 is 1.35 bits per heavy atom. The molecule has 17 heavy (non-hydrogen) atoms. The van der Waals surface area contributed by atoms with E-state index in [4.69, 9.17) is 9.26 Å². The third-order valence-corrected chi connectivity index (χ3v) is 3.74. The molecule has 0 amide bonds. The van der Waals surface area contributed by atoms with Crippen molar-refractivity contribution < 1.29 is 9.26 Å².